The minimum atomic E-state index is -0.299. The number of rotatable bonds is 7. The molecule has 0 aliphatic heterocycles. The van der Waals surface area contributed by atoms with Gasteiger partial charge in [0.25, 0.3) is 5.56 Å². The molecule has 0 radical (unpaired) electrons. The Hall–Kier alpha value is -2.60. The third-order valence-electron chi connectivity index (χ3n) is 5.33. The van der Waals surface area contributed by atoms with Crippen LogP contribution in [0.25, 0.3) is 22.2 Å². The highest BCUT2D eigenvalue weighted by Crippen LogP contribution is 2.28. The van der Waals surface area contributed by atoms with Crippen molar-refractivity contribution in [2.24, 2.45) is 14.1 Å². The van der Waals surface area contributed by atoms with Crippen LogP contribution in [-0.4, -0.2) is 38.2 Å². The van der Waals surface area contributed by atoms with Crippen molar-refractivity contribution in [1.82, 2.24) is 18.6 Å². The second-order valence-electron chi connectivity index (χ2n) is 6.88. The van der Waals surface area contributed by atoms with Gasteiger partial charge in [0, 0.05) is 26.8 Å². The molecule has 6 heteroatoms. The number of hydrogen-bond acceptors (Lipinski definition) is 3. The van der Waals surface area contributed by atoms with E-state index in [9.17, 15) is 9.59 Å². The Morgan fingerprint density at radius 3 is 2.26 bits per heavy atom. The average molecular weight is 368 g/mol. The van der Waals surface area contributed by atoms with Crippen molar-refractivity contribution >= 4 is 10.9 Å². The van der Waals surface area contributed by atoms with E-state index in [2.05, 4.69) is 23.3 Å². The van der Waals surface area contributed by atoms with Crippen molar-refractivity contribution in [2.75, 3.05) is 19.6 Å². The minimum Gasteiger partial charge on any atom is -0.345 e. The molecule has 0 bridgehead atoms. The molecule has 2 heterocycles. The largest absolute Gasteiger partial charge is 0.345 e. The fraction of sp³-hybridized carbons (Fsp3) is 0.429. The van der Waals surface area contributed by atoms with Crippen LogP contribution in [0.2, 0.25) is 0 Å². The van der Waals surface area contributed by atoms with Crippen molar-refractivity contribution in [1.29, 1.82) is 0 Å². The highest BCUT2D eigenvalue weighted by molar-refractivity contribution is 5.93. The summed E-state index contributed by atoms with van der Waals surface area (Å²) < 4.78 is 4.88. The van der Waals surface area contributed by atoms with Crippen LogP contribution in [0.3, 0.4) is 0 Å². The predicted molar refractivity (Wildman–Crippen MR) is 110 cm³/mol. The summed E-state index contributed by atoms with van der Waals surface area (Å²) in [5.74, 6) is 0. The van der Waals surface area contributed by atoms with Crippen LogP contribution in [-0.2, 0) is 20.6 Å². The van der Waals surface area contributed by atoms with Crippen molar-refractivity contribution in [3.05, 3.63) is 57.4 Å². The van der Waals surface area contributed by atoms with Gasteiger partial charge in [-0.3, -0.25) is 13.9 Å². The Morgan fingerprint density at radius 1 is 0.963 bits per heavy atom. The van der Waals surface area contributed by atoms with E-state index < -0.39 is 0 Å². The first-order valence-corrected chi connectivity index (χ1v) is 9.56. The predicted octanol–water partition coefficient (Wildman–Crippen LogP) is 2.44. The second-order valence-corrected chi connectivity index (χ2v) is 6.88. The van der Waals surface area contributed by atoms with Gasteiger partial charge in [-0.1, -0.05) is 44.2 Å². The molecule has 2 aromatic heterocycles. The lowest BCUT2D eigenvalue weighted by molar-refractivity contribution is 0.293. The number of hydrogen-bond donors (Lipinski definition) is 0. The van der Waals surface area contributed by atoms with E-state index in [1.54, 1.807) is 11.6 Å². The summed E-state index contributed by atoms with van der Waals surface area (Å²) in [6.07, 6.45) is 2.93. The molecule has 0 atom stereocenters. The number of nitrogens with zero attached hydrogens (tertiary/aromatic N) is 4. The van der Waals surface area contributed by atoms with Gasteiger partial charge < -0.3 is 9.47 Å². The lowest BCUT2D eigenvalue weighted by Crippen LogP contribution is -2.36. The Bertz CT molecular complexity index is 1040. The van der Waals surface area contributed by atoms with Gasteiger partial charge in [-0.2, -0.15) is 0 Å². The molecule has 0 unspecified atom stereocenters. The van der Waals surface area contributed by atoms with Gasteiger partial charge in [0.1, 0.15) is 0 Å². The van der Waals surface area contributed by atoms with Crippen molar-refractivity contribution < 1.29 is 0 Å². The van der Waals surface area contributed by atoms with E-state index in [1.165, 1.54) is 11.6 Å². The number of aromatic nitrogens is 3. The lowest BCUT2D eigenvalue weighted by atomic mass is 10.1. The number of fused-ring (bicyclic) bond motifs is 1. The summed E-state index contributed by atoms with van der Waals surface area (Å²) in [5, 5.41) is 0.605. The highest BCUT2D eigenvalue weighted by atomic mass is 16.2. The van der Waals surface area contributed by atoms with Crippen LogP contribution >= 0.6 is 0 Å². The molecule has 1 aromatic carbocycles. The van der Waals surface area contributed by atoms with Gasteiger partial charge in [0.15, 0.2) is 0 Å². The van der Waals surface area contributed by atoms with Crippen LogP contribution in [0.4, 0.5) is 0 Å². The third-order valence-corrected chi connectivity index (χ3v) is 5.33. The van der Waals surface area contributed by atoms with E-state index in [1.807, 2.05) is 36.5 Å². The van der Waals surface area contributed by atoms with E-state index in [0.29, 0.717) is 10.9 Å². The van der Waals surface area contributed by atoms with Crippen LogP contribution in [0.15, 0.2) is 46.1 Å². The molecule has 0 aliphatic carbocycles. The zero-order valence-electron chi connectivity index (χ0n) is 16.6. The molecule has 0 amide bonds. The molecule has 27 heavy (non-hydrogen) atoms. The second kappa shape index (κ2) is 7.96. The van der Waals surface area contributed by atoms with E-state index in [4.69, 9.17) is 0 Å². The van der Waals surface area contributed by atoms with Crippen LogP contribution in [0, 0.1) is 0 Å². The maximum atomic E-state index is 12.9. The molecule has 0 spiro atoms. The summed E-state index contributed by atoms with van der Waals surface area (Å²) >= 11 is 0. The molecule has 0 saturated heterocycles. The molecule has 0 N–H and O–H groups in total. The first kappa shape index (κ1) is 19.2. The first-order chi connectivity index (χ1) is 13.0. The molecular formula is C21H28N4O2. The van der Waals surface area contributed by atoms with Crippen LogP contribution in [0.5, 0.6) is 0 Å². The Morgan fingerprint density at radius 2 is 1.63 bits per heavy atom. The molecule has 144 valence electrons. The van der Waals surface area contributed by atoms with E-state index in [0.717, 1.165) is 43.9 Å². The highest BCUT2D eigenvalue weighted by Gasteiger charge is 2.19. The van der Waals surface area contributed by atoms with Gasteiger partial charge in [0.05, 0.1) is 16.6 Å². The third kappa shape index (κ3) is 3.49. The average Bonchev–Trinajstić information content (AvgIpc) is 3.08. The van der Waals surface area contributed by atoms with Gasteiger partial charge in [-0.25, -0.2) is 4.79 Å². The summed E-state index contributed by atoms with van der Waals surface area (Å²) in [6, 6.07) is 9.94. The quantitative estimate of drug-likeness (QED) is 0.644. The van der Waals surface area contributed by atoms with E-state index in [-0.39, 0.29) is 11.2 Å². The maximum Gasteiger partial charge on any atom is 0.330 e. The molecular weight excluding hydrogens is 340 g/mol. The Kier molecular flexibility index (Phi) is 5.65. The normalized spacial score (nSPS) is 11.6. The number of benzene rings is 1. The van der Waals surface area contributed by atoms with Crippen LogP contribution in [0.1, 0.15) is 20.3 Å². The van der Waals surface area contributed by atoms with Crippen molar-refractivity contribution in [3.63, 3.8) is 0 Å². The lowest BCUT2D eigenvalue weighted by Gasteiger charge is -2.18. The minimum absolute atomic E-state index is 0.241. The Labute approximate surface area is 159 Å². The standard InChI is InChI=1S/C21H28N4O2/c1-5-24(6-2)13-10-14-25-15-17-18(19(25)16-11-8-7-9-12-16)20(26)23(4)21(27)22(17)3/h7-9,11-12,15H,5-6,10,13-14H2,1-4H3. The van der Waals surface area contributed by atoms with Crippen LogP contribution < -0.4 is 11.2 Å². The van der Waals surface area contributed by atoms with E-state index >= 15 is 0 Å². The zero-order chi connectivity index (χ0) is 19.6. The van der Waals surface area contributed by atoms with Gasteiger partial charge in [-0.05, 0) is 31.6 Å². The van der Waals surface area contributed by atoms with Gasteiger partial charge in [-0.15, -0.1) is 0 Å². The monoisotopic (exact) mass is 368 g/mol. The maximum absolute atomic E-state index is 12.9. The Balaban J connectivity index is 2.15. The fourth-order valence-corrected chi connectivity index (χ4v) is 3.68. The topological polar surface area (TPSA) is 52.2 Å². The zero-order valence-corrected chi connectivity index (χ0v) is 16.6. The van der Waals surface area contributed by atoms with Gasteiger partial charge >= 0.3 is 5.69 Å². The summed E-state index contributed by atoms with van der Waals surface area (Å²) in [4.78, 5) is 27.7. The summed E-state index contributed by atoms with van der Waals surface area (Å²) in [7, 11) is 3.26. The fourth-order valence-electron chi connectivity index (χ4n) is 3.68. The van der Waals surface area contributed by atoms with Gasteiger partial charge in [0.2, 0.25) is 0 Å². The molecule has 0 aliphatic rings. The smallest absolute Gasteiger partial charge is 0.330 e. The first-order valence-electron chi connectivity index (χ1n) is 9.56. The summed E-state index contributed by atoms with van der Waals surface area (Å²) in [6.45, 7) is 8.21. The number of aryl methyl sites for hydroxylation is 2. The summed E-state index contributed by atoms with van der Waals surface area (Å²) in [5.41, 5.74) is 2.03. The molecule has 3 rings (SSSR count). The molecule has 0 saturated carbocycles. The molecule has 6 nitrogen and oxygen atoms in total. The van der Waals surface area contributed by atoms with Crippen molar-refractivity contribution in [2.45, 2.75) is 26.8 Å². The molecule has 0 fully saturated rings. The SMILES string of the molecule is CCN(CC)CCCn1cc2c(c1-c1ccccc1)c(=O)n(C)c(=O)n2C. The van der Waals surface area contributed by atoms with Crippen molar-refractivity contribution in [3.8, 4) is 11.3 Å². The molecule has 3 aromatic rings.